The molecule has 0 amide bonds. The van der Waals surface area contributed by atoms with Gasteiger partial charge in [0, 0.05) is 17.7 Å². The van der Waals surface area contributed by atoms with Gasteiger partial charge in [-0.3, -0.25) is 4.79 Å². The van der Waals surface area contributed by atoms with Crippen LogP contribution in [0.2, 0.25) is 0 Å². The van der Waals surface area contributed by atoms with Gasteiger partial charge in [0.25, 0.3) is 0 Å². The minimum absolute atomic E-state index is 0.0158. The third-order valence-corrected chi connectivity index (χ3v) is 4.45. The monoisotopic (exact) mass is 464 g/mol. The summed E-state index contributed by atoms with van der Waals surface area (Å²) in [6, 6.07) is 5.25. The fourth-order valence-corrected chi connectivity index (χ4v) is 2.96. The Labute approximate surface area is 175 Å². The third kappa shape index (κ3) is 5.69. The highest BCUT2D eigenvalue weighted by Gasteiger charge is 2.19. The molecular weight excluding hydrogens is 448 g/mol. The summed E-state index contributed by atoms with van der Waals surface area (Å²) in [4.78, 5) is 21.0. The molecule has 28 heavy (non-hydrogen) atoms. The van der Waals surface area contributed by atoms with Crippen molar-refractivity contribution in [1.29, 1.82) is 5.26 Å². The second kappa shape index (κ2) is 10.7. The molecule has 0 fully saturated rings. The van der Waals surface area contributed by atoms with Gasteiger partial charge in [-0.1, -0.05) is 15.9 Å². The Balaban J connectivity index is 2.35. The molecule has 0 bridgehead atoms. The molecule has 1 N–H and O–H groups in total. The van der Waals surface area contributed by atoms with E-state index in [1.54, 1.807) is 12.1 Å². The van der Waals surface area contributed by atoms with Crippen LogP contribution in [0.25, 0.3) is 0 Å². The topological polar surface area (TPSA) is 106 Å². The van der Waals surface area contributed by atoms with E-state index in [4.69, 9.17) is 19.5 Å². The first-order chi connectivity index (χ1) is 13.5. The lowest BCUT2D eigenvalue weighted by molar-refractivity contribution is 0.0501. The molecule has 0 saturated heterocycles. The van der Waals surface area contributed by atoms with Crippen LogP contribution in [-0.2, 0) is 4.74 Å². The number of methoxy groups -OCH3 is 2. The van der Waals surface area contributed by atoms with Gasteiger partial charge in [-0.15, -0.1) is 11.8 Å². The van der Waals surface area contributed by atoms with Crippen LogP contribution >= 0.6 is 27.7 Å². The first-order valence-corrected chi connectivity index (χ1v) is 9.82. The fourth-order valence-electron chi connectivity index (χ4n) is 2.11. The largest absolute Gasteiger partial charge is 0.496 e. The van der Waals surface area contributed by atoms with Gasteiger partial charge in [0.05, 0.1) is 24.5 Å². The number of ketones is 1. The summed E-state index contributed by atoms with van der Waals surface area (Å²) in [6.07, 6.45) is 5.98. The lowest BCUT2D eigenvalue weighted by atomic mass is 10.1. The van der Waals surface area contributed by atoms with Crippen molar-refractivity contribution < 1.29 is 19.0 Å². The minimum Gasteiger partial charge on any atom is -0.496 e. The molecule has 8 nitrogen and oxygen atoms in total. The summed E-state index contributed by atoms with van der Waals surface area (Å²) in [5.41, 5.74) is 0.470. The van der Waals surface area contributed by atoms with E-state index in [9.17, 15) is 4.79 Å². The molecule has 146 valence electrons. The molecule has 0 radical (unpaired) electrons. The van der Waals surface area contributed by atoms with Crippen LogP contribution in [0.15, 0.2) is 40.1 Å². The normalized spacial score (nSPS) is 10.9. The Hall–Kier alpha value is -2.61. The zero-order chi connectivity index (χ0) is 20.5. The summed E-state index contributed by atoms with van der Waals surface area (Å²) in [5.74, 6) is 0.772. The molecule has 2 aromatic rings. The van der Waals surface area contributed by atoms with Crippen molar-refractivity contribution in [2.24, 2.45) is 0 Å². The van der Waals surface area contributed by atoms with Gasteiger partial charge in [-0.05, 0) is 18.4 Å². The Morgan fingerprint density at radius 1 is 1.32 bits per heavy atom. The molecular formula is C18H17BrN4O4S. The van der Waals surface area contributed by atoms with Crippen molar-refractivity contribution in [1.82, 2.24) is 9.97 Å². The van der Waals surface area contributed by atoms with E-state index in [1.807, 2.05) is 12.3 Å². The molecule has 0 unspecified atom stereocenters. The van der Waals surface area contributed by atoms with E-state index in [-0.39, 0.29) is 23.8 Å². The average molecular weight is 465 g/mol. The van der Waals surface area contributed by atoms with Gasteiger partial charge in [0.1, 0.15) is 28.9 Å². The highest BCUT2D eigenvalue weighted by atomic mass is 79.9. The number of halogens is 1. The van der Waals surface area contributed by atoms with Gasteiger partial charge < -0.3 is 19.5 Å². The molecule has 10 heteroatoms. The molecule has 0 aliphatic carbocycles. The molecule has 0 spiro atoms. The van der Waals surface area contributed by atoms with Crippen LogP contribution in [0, 0.1) is 11.3 Å². The number of ether oxygens (including phenoxy) is 3. The van der Waals surface area contributed by atoms with Gasteiger partial charge in [0.15, 0.2) is 18.3 Å². The number of thioether (sulfide) groups is 1. The molecule has 1 aromatic carbocycles. The maximum absolute atomic E-state index is 13.0. The van der Waals surface area contributed by atoms with Crippen molar-refractivity contribution in [3.63, 3.8) is 0 Å². The van der Waals surface area contributed by atoms with Gasteiger partial charge in [-0.2, -0.15) is 5.26 Å². The summed E-state index contributed by atoms with van der Waals surface area (Å²) in [6.45, 7) is -0.0158. The maximum Gasteiger partial charge on any atom is 0.195 e. The number of hydrogen-bond acceptors (Lipinski definition) is 9. The number of nitrogens with zero attached hydrogens (tertiary/aromatic N) is 3. The first kappa shape index (κ1) is 21.7. The quantitative estimate of drug-likeness (QED) is 0.338. The lowest BCUT2D eigenvalue weighted by Gasteiger charge is -2.14. The number of nitrogens with one attached hydrogen (secondary N) is 1. The lowest BCUT2D eigenvalue weighted by Crippen LogP contribution is -2.09. The predicted octanol–water partition coefficient (Wildman–Crippen LogP) is 3.60. The SMILES string of the molecule is COCOc1cc(Br)cc(OC)c1C(=O)C=C(Nc1cnc(C#N)cn1)SC. The van der Waals surface area contributed by atoms with Crippen LogP contribution in [0.1, 0.15) is 16.1 Å². The van der Waals surface area contributed by atoms with Crippen molar-refractivity contribution >= 4 is 39.3 Å². The fraction of sp³-hybridized carbons (Fsp3) is 0.222. The standard InChI is InChI=1S/C18H17BrN4O4S/c1-25-10-27-15-5-11(19)4-14(26-2)18(15)13(24)6-17(28-3)23-16-9-21-12(7-20)8-22-16/h4-6,8-9H,10H2,1-3H3,(H,22,23). The second-order valence-corrected chi connectivity index (χ2v) is 6.90. The smallest absolute Gasteiger partial charge is 0.195 e. The van der Waals surface area contributed by atoms with Gasteiger partial charge in [-0.25, -0.2) is 9.97 Å². The molecule has 1 heterocycles. The van der Waals surface area contributed by atoms with E-state index in [0.29, 0.717) is 26.8 Å². The van der Waals surface area contributed by atoms with Gasteiger partial charge >= 0.3 is 0 Å². The molecule has 1 aromatic heterocycles. The summed E-state index contributed by atoms with van der Waals surface area (Å²) < 4.78 is 16.5. The average Bonchev–Trinajstić information content (AvgIpc) is 2.71. The van der Waals surface area contributed by atoms with Gasteiger partial charge in [0.2, 0.25) is 0 Å². The van der Waals surface area contributed by atoms with Crippen LogP contribution in [-0.4, -0.2) is 43.0 Å². The third-order valence-electron chi connectivity index (χ3n) is 3.33. The van der Waals surface area contributed by atoms with Crippen LogP contribution < -0.4 is 14.8 Å². The van der Waals surface area contributed by atoms with E-state index in [1.165, 1.54) is 44.5 Å². The number of nitriles is 1. The van der Waals surface area contributed by atoms with E-state index in [0.717, 1.165) is 0 Å². The molecule has 2 rings (SSSR count). The minimum atomic E-state index is -0.325. The van der Waals surface area contributed by atoms with Crippen molar-refractivity contribution in [2.75, 3.05) is 32.6 Å². The summed E-state index contributed by atoms with van der Waals surface area (Å²) in [7, 11) is 2.97. The van der Waals surface area contributed by atoms with Crippen molar-refractivity contribution in [2.45, 2.75) is 0 Å². The molecule has 0 atom stereocenters. The summed E-state index contributed by atoms with van der Waals surface area (Å²) in [5, 5.41) is 12.3. The van der Waals surface area contributed by atoms with Crippen LogP contribution in [0.4, 0.5) is 5.82 Å². The summed E-state index contributed by atoms with van der Waals surface area (Å²) >= 11 is 4.69. The van der Waals surface area contributed by atoms with Crippen molar-refractivity contribution in [3.8, 4) is 17.6 Å². The van der Waals surface area contributed by atoms with Crippen LogP contribution in [0.5, 0.6) is 11.5 Å². The molecule has 0 saturated carbocycles. The number of aromatic nitrogens is 2. The Bertz CT molecular complexity index is 913. The predicted molar refractivity (Wildman–Crippen MR) is 109 cm³/mol. The van der Waals surface area contributed by atoms with E-state index >= 15 is 0 Å². The highest BCUT2D eigenvalue weighted by Crippen LogP contribution is 2.34. The number of rotatable bonds is 9. The Morgan fingerprint density at radius 2 is 2.07 bits per heavy atom. The number of benzene rings is 1. The molecule has 0 aliphatic rings. The van der Waals surface area contributed by atoms with E-state index < -0.39 is 0 Å². The van der Waals surface area contributed by atoms with E-state index in [2.05, 4.69) is 31.2 Å². The number of hydrogen-bond donors (Lipinski definition) is 1. The maximum atomic E-state index is 13.0. The molecule has 0 aliphatic heterocycles. The zero-order valence-electron chi connectivity index (χ0n) is 15.4. The number of anilines is 1. The van der Waals surface area contributed by atoms with Crippen molar-refractivity contribution in [3.05, 3.63) is 51.4 Å². The number of allylic oxidation sites excluding steroid dienone is 1. The zero-order valence-corrected chi connectivity index (χ0v) is 17.8. The Kier molecular flexibility index (Phi) is 8.25. The first-order valence-electron chi connectivity index (χ1n) is 7.80. The second-order valence-electron chi connectivity index (χ2n) is 5.13. The number of carbonyl (C=O) groups is 1. The number of carbonyl (C=O) groups excluding carboxylic acids is 1. The highest BCUT2D eigenvalue weighted by molar-refractivity contribution is 9.10. The Morgan fingerprint density at radius 3 is 2.64 bits per heavy atom. The van der Waals surface area contributed by atoms with Crippen LogP contribution in [0.3, 0.4) is 0 Å².